The van der Waals surface area contributed by atoms with E-state index in [-0.39, 0.29) is 5.91 Å². The molecule has 2 amide bonds. The number of ether oxygens (including phenoxy) is 1. The van der Waals surface area contributed by atoms with Gasteiger partial charge in [0.15, 0.2) is 0 Å². The maximum Gasteiger partial charge on any atom is 0.273 e. The van der Waals surface area contributed by atoms with Gasteiger partial charge in [-0.05, 0) is 43.3 Å². The molecule has 0 spiro atoms. The summed E-state index contributed by atoms with van der Waals surface area (Å²) in [6, 6.07) is 21.3. The van der Waals surface area contributed by atoms with Crippen molar-refractivity contribution in [2.75, 3.05) is 12.4 Å². The first-order valence-corrected chi connectivity index (χ1v) is 9.02. The zero-order chi connectivity index (χ0) is 20.6. The Bertz CT molecular complexity index is 1040. The quantitative estimate of drug-likeness (QED) is 0.495. The minimum Gasteiger partial charge on any atom is -0.496 e. The number of benzene rings is 3. The first-order chi connectivity index (χ1) is 14.1. The van der Waals surface area contributed by atoms with Crippen LogP contribution in [0.4, 0.5) is 5.69 Å². The van der Waals surface area contributed by atoms with Crippen LogP contribution in [0.3, 0.4) is 0 Å². The number of rotatable bonds is 6. The van der Waals surface area contributed by atoms with Gasteiger partial charge < -0.3 is 10.1 Å². The molecule has 0 saturated heterocycles. The van der Waals surface area contributed by atoms with Crippen molar-refractivity contribution in [2.45, 2.75) is 6.92 Å². The largest absolute Gasteiger partial charge is 0.496 e. The van der Waals surface area contributed by atoms with Crippen molar-refractivity contribution in [3.8, 4) is 5.75 Å². The van der Waals surface area contributed by atoms with E-state index in [1.807, 2.05) is 37.3 Å². The monoisotopic (exact) mass is 387 g/mol. The standard InChI is InChI=1S/C23H21N3O3/c1-16-11-13-17(14-12-16)22(27)25-20-9-5-4-8-19(20)23(28)26-24-15-18-7-3-6-10-21(18)29-2/h3-15H,1-2H3,(H,25,27)(H,26,28)/b24-15+. The summed E-state index contributed by atoms with van der Waals surface area (Å²) in [5.41, 5.74) is 5.51. The highest BCUT2D eigenvalue weighted by atomic mass is 16.5. The molecule has 146 valence electrons. The minimum absolute atomic E-state index is 0.289. The lowest BCUT2D eigenvalue weighted by atomic mass is 10.1. The molecule has 2 N–H and O–H groups in total. The van der Waals surface area contributed by atoms with E-state index in [2.05, 4.69) is 15.8 Å². The maximum absolute atomic E-state index is 12.6. The first-order valence-electron chi connectivity index (χ1n) is 9.02. The van der Waals surface area contributed by atoms with E-state index in [1.165, 1.54) is 6.21 Å². The first kappa shape index (κ1) is 19.8. The number of aryl methyl sites for hydroxylation is 1. The molecule has 6 heteroatoms. The van der Waals surface area contributed by atoms with Crippen molar-refractivity contribution in [3.63, 3.8) is 0 Å². The number of methoxy groups -OCH3 is 1. The van der Waals surface area contributed by atoms with Gasteiger partial charge in [0.05, 0.1) is 24.6 Å². The van der Waals surface area contributed by atoms with Crippen LogP contribution in [0.15, 0.2) is 77.9 Å². The SMILES string of the molecule is COc1ccccc1/C=N/NC(=O)c1ccccc1NC(=O)c1ccc(C)cc1. The topological polar surface area (TPSA) is 79.8 Å². The molecule has 3 rings (SSSR count). The van der Waals surface area contributed by atoms with E-state index in [0.717, 1.165) is 11.1 Å². The molecule has 0 aliphatic carbocycles. The summed E-state index contributed by atoms with van der Waals surface area (Å²) in [4.78, 5) is 25.0. The van der Waals surface area contributed by atoms with Crippen LogP contribution in [0.1, 0.15) is 31.8 Å². The molecular formula is C23H21N3O3. The summed E-state index contributed by atoms with van der Waals surface area (Å²) in [6.07, 6.45) is 1.50. The Morgan fingerprint density at radius 2 is 1.59 bits per heavy atom. The third-order valence-corrected chi connectivity index (χ3v) is 4.24. The second kappa shape index (κ2) is 9.32. The van der Waals surface area contributed by atoms with Gasteiger partial charge in [0.2, 0.25) is 0 Å². The lowest BCUT2D eigenvalue weighted by Crippen LogP contribution is -2.21. The molecule has 3 aromatic rings. The summed E-state index contributed by atoms with van der Waals surface area (Å²) < 4.78 is 5.25. The molecule has 29 heavy (non-hydrogen) atoms. The number of anilines is 1. The van der Waals surface area contributed by atoms with Gasteiger partial charge in [-0.25, -0.2) is 5.43 Å². The van der Waals surface area contributed by atoms with E-state index in [1.54, 1.807) is 49.6 Å². The normalized spacial score (nSPS) is 10.6. The van der Waals surface area contributed by atoms with Gasteiger partial charge in [0.1, 0.15) is 5.75 Å². The number of nitrogens with one attached hydrogen (secondary N) is 2. The highest BCUT2D eigenvalue weighted by molar-refractivity contribution is 6.09. The van der Waals surface area contributed by atoms with Crippen LogP contribution in [0.2, 0.25) is 0 Å². The molecular weight excluding hydrogens is 366 g/mol. The molecule has 0 aliphatic rings. The maximum atomic E-state index is 12.6. The van der Waals surface area contributed by atoms with Crippen LogP contribution in [0.5, 0.6) is 5.75 Å². The van der Waals surface area contributed by atoms with E-state index in [0.29, 0.717) is 22.6 Å². The molecule has 0 radical (unpaired) electrons. The molecule has 0 bridgehead atoms. The van der Waals surface area contributed by atoms with Gasteiger partial charge >= 0.3 is 0 Å². The fourth-order valence-corrected chi connectivity index (χ4v) is 2.68. The number of para-hydroxylation sites is 2. The molecule has 3 aromatic carbocycles. The summed E-state index contributed by atoms with van der Waals surface area (Å²) in [7, 11) is 1.57. The summed E-state index contributed by atoms with van der Waals surface area (Å²) >= 11 is 0. The van der Waals surface area contributed by atoms with Crippen LogP contribution in [0, 0.1) is 6.92 Å². The van der Waals surface area contributed by atoms with Crippen LogP contribution < -0.4 is 15.5 Å². The molecule has 0 saturated carbocycles. The lowest BCUT2D eigenvalue weighted by Gasteiger charge is -2.10. The Morgan fingerprint density at radius 1 is 0.897 bits per heavy atom. The van der Waals surface area contributed by atoms with Gasteiger partial charge in [0.25, 0.3) is 11.8 Å². The van der Waals surface area contributed by atoms with Crippen LogP contribution in [-0.2, 0) is 0 Å². The smallest absolute Gasteiger partial charge is 0.273 e. The number of hydrogen-bond acceptors (Lipinski definition) is 4. The van der Waals surface area contributed by atoms with E-state index >= 15 is 0 Å². The average Bonchev–Trinajstić information content (AvgIpc) is 2.74. The van der Waals surface area contributed by atoms with E-state index in [9.17, 15) is 9.59 Å². The van der Waals surface area contributed by atoms with Crippen molar-refractivity contribution < 1.29 is 14.3 Å². The number of carbonyl (C=O) groups excluding carboxylic acids is 2. The van der Waals surface area contributed by atoms with E-state index < -0.39 is 5.91 Å². The fourth-order valence-electron chi connectivity index (χ4n) is 2.68. The Balaban J connectivity index is 1.72. The third kappa shape index (κ3) is 5.07. The third-order valence-electron chi connectivity index (χ3n) is 4.24. The molecule has 0 aromatic heterocycles. The zero-order valence-corrected chi connectivity index (χ0v) is 16.2. The summed E-state index contributed by atoms with van der Waals surface area (Å²) in [6.45, 7) is 1.95. The Labute approximate surface area is 169 Å². The summed E-state index contributed by atoms with van der Waals surface area (Å²) in [5.74, 6) is -0.0741. The zero-order valence-electron chi connectivity index (χ0n) is 16.2. The van der Waals surface area contributed by atoms with Crippen LogP contribution in [0.25, 0.3) is 0 Å². The number of nitrogens with zero attached hydrogens (tertiary/aromatic N) is 1. The molecule has 0 unspecified atom stereocenters. The predicted molar refractivity (Wildman–Crippen MR) is 114 cm³/mol. The Kier molecular flexibility index (Phi) is 6.37. The van der Waals surface area contributed by atoms with Gasteiger partial charge in [-0.2, -0.15) is 5.10 Å². The van der Waals surface area contributed by atoms with Gasteiger partial charge in [-0.15, -0.1) is 0 Å². The Hall–Kier alpha value is -3.93. The minimum atomic E-state index is -0.434. The van der Waals surface area contributed by atoms with Crippen molar-refractivity contribution in [2.24, 2.45) is 5.10 Å². The average molecular weight is 387 g/mol. The number of amides is 2. The van der Waals surface area contributed by atoms with Crippen molar-refractivity contribution in [1.29, 1.82) is 0 Å². The Morgan fingerprint density at radius 3 is 2.34 bits per heavy atom. The second-order valence-electron chi connectivity index (χ2n) is 6.31. The fraction of sp³-hybridized carbons (Fsp3) is 0.0870. The van der Waals surface area contributed by atoms with Gasteiger partial charge in [0, 0.05) is 11.1 Å². The lowest BCUT2D eigenvalue weighted by molar-refractivity contribution is 0.0956. The molecule has 6 nitrogen and oxygen atoms in total. The molecule has 0 heterocycles. The van der Waals surface area contributed by atoms with Crippen LogP contribution in [-0.4, -0.2) is 25.1 Å². The van der Waals surface area contributed by atoms with Crippen LogP contribution >= 0.6 is 0 Å². The van der Waals surface area contributed by atoms with E-state index in [4.69, 9.17) is 4.74 Å². The van der Waals surface area contributed by atoms with Gasteiger partial charge in [-0.3, -0.25) is 9.59 Å². The second-order valence-corrected chi connectivity index (χ2v) is 6.31. The van der Waals surface area contributed by atoms with Crippen molar-refractivity contribution >= 4 is 23.7 Å². The van der Waals surface area contributed by atoms with Crippen molar-refractivity contribution in [1.82, 2.24) is 5.43 Å². The number of carbonyl (C=O) groups is 2. The number of hydrogen-bond donors (Lipinski definition) is 2. The molecule has 0 atom stereocenters. The summed E-state index contributed by atoms with van der Waals surface area (Å²) in [5, 5.41) is 6.78. The highest BCUT2D eigenvalue weighted by Gasteiger charge is 2.13. The van der Waals surface area contributed by atoms with Crippen molar-refractivity contribution in [3.05, 3.63) is 95.1 Å². The molecule has 0 fully saturated rings. The molecule has 0 aliphatic heterocycles. The van der Waals surface area contributed by atoms with Gasteiger partial charge in [-0.1, -0.05) is 42.0 Å². The predicted octanol–water partition coefficient (Wildman–Crippen LogP) is 4.02. The number of hydrazone groups is 1. The highest BCUT2D eigenvalue weighted by Crippen LogP contribution is 2.17.